The number of hydrogen-bond donors (Lipinski definition) is 24. The Labute approximate surface area is 712 Å². The first-order chi connectivity index (χ1) is 56.9. The molecule has 0 saturated carbocycles. The normalized spacial score (nSPS) is 15.1. The summed E-state index contributed by atoms with van der Waals surface area (Å²) >= 11 is 4.29. The summed E-state index contributed by atoms with van der Waals surface area (Å²) in [6.45, 7) is 21.7. The molecule has 0 saturated heterocycles. The first-order valence-electron chi connectivity index (χ1n) is 40.1. The number of aromatic nitrogens is 2. The predicted molar refractivity (Wildman–Crippen MR) is 441 cm³/mol. The zero-order valence-corrected chi connectivity index (χ0v) is 72.1. The van der Waals surface area contributed by atoms with E-state index in [2.05, 4.69) is 97.0 Å². The number of phenols is 1. The Bertz CT molecular complexity index is 3920. The molecule has 0 aliphatic carbocycles. The van der Waals surface area contributed by atoms with E-state index < -0.39 is 278 Å². The summed E-state index contributed by atoms with van der Waals surface area (Å²) in [6, 6.07) is -18.1. The third kappa shape index (κ3) is 38.9. The number of primary amides is 2. The Balaban J connectivity index is 2.42. The summed E-state index contributed by atoms with van der Waals surface area (Å²) < 4.78 is 0. The van der Waals surface area contributed by atoms with Gasteiger partial charge in [-0.15, -0.1) is 0 Å². The lowest BCUT2D eigenvalue weighted by molar-refractivity contribution is -0.143. The molecule has 1 aromatic carbocycles. The zero-order valence-electron chi connectivity index (χ0n) is 71.2. The van der Waals surface area contributed by atoms with Gasteiger partial charge >= 0.3 is 17.9 Å². The van der Waals surface area contributed by atoms with E-state index in [1.54, 1.807) is 69.2 Å². The summed E-state index contributed by atoms with van der Waals surface area (Å²) in [7, 11) is 0. The molecule has 0 radical (unpaired) electrons. The van der Waals surface area contributed by atoms with Crippen molar-refractivity contribution in [3.63, 3.8) is 0 Å². The van der Waals surface area contributed by atoms with Gasteiger partial charge < -0.3 is 122 Å². The van der Waals surface area contributed by atoms with Crippen LogP contribution < -0.4 is 91.6 Å². The number of benzene rings is 1. The number of H-pyrrole nitrogens is 1. The second-order valence-electron chi connectivity index (χ2n) is 32.5. The van der Waals surface area contributed by atoms with Crippen LogP contribution in [0.1, 0.15) is 172 Å². The van der Waals surface area contributed by atoms with Crippen LogP contribution >= 0.6 is 12.6 Å². The van der Waals surface area contributed by atoms with Crippen molar-refractivity contribution in [2.24, 2.45) is 58.6 Å². The average Bonchev–Trinajstić information content (AvgIpc) is 0.892. The van der Waals surface area contributed by atoms with Crippen molar-refractivity contribution in [2.45, 2.75) is 265 Å². The summed E-state index contributed by atoms with van der Waals surface area (Å²) in [5.74, 6) is -24.8. The number of hydrogen-bond acceptors (Lipinski definition) is 24. The Kier molecular flexibility index (Phi) is 45.9. The lowest BCUT2D eigenvalue weighted by atomic mass is 9.97. The quantitative estimate of drug-likeness (QED) is 0.0278. The molecule has 15 atom stereocenters. The third-order valence-electron chi connectivity index (χ3n) is 18.7. The van der Waals surface area contributed by atoms with Gasteiger partial charge in [0.2, 0.25) is 94.5 Å². The minimum Gasteiger partial charge on any atom is -0.508 e. The Hall–Kier alpha value is -11.6. The molecule has 0 spiro atoms. The van der Waals surface area contributed by atoms with Crippen LogP contribution in [0.3, 0.4) is 0 Å². The van der Waals surface area contributed by atoms with Gasteiger partial charge in [-0.1, -0.05) is 109 Å². The largest absolute Gasteiger partial charge is 0.508 e. The van der Waals surface area contributed by atoms with Crippen LogP contribution in [0, 0.1) is 41.4 Å². The van der Waals surface area contributed by atoms with E-state index in [0.29, 0.717) is 11.3 Å². The number of nitrogens with zero attached hydrogens (tertiary/aromatic N) is 1. The van der Waals surface area contributed by atoms with Crippen molar-refractivity contribution in [3.05, 3.63) is 48.0 Å². The van der Waals surface area contributed by atoms with Crippen LogP contribution in [0.2, 0.25) is 0 Å². The highest BCUT2D eigenvalue weighted by Crippen LogP contribution is 2.18. The fraction of sp³-hybridized carbons (Fsp3) is 0.641. The lowest BCUT2D eigenvalue weighted by Gasteiger charge is -2.30. The number of thiol groups is 1. The fourth-order valence-corrected chi connectivity index (χ4v) is 12.5. The highest BCUT2D eigenvalue weighted by atomic mass is 32.1. The highest BCUT2D eigenvalue weighted by Gasteiger charge is 2.41. The Morgan fingerprint density at radius 3 is 1.08 bits per heavy atom. The van der Waals surface area contributed by atoms with E-state index in [1.807, 2.05) is 0 Å². The maximum absolute atomic E-state index is 14.5. The van der Waals surface area contributed by atoms with Crippen LogP contribution in [0.4, 0.5) is 0 Å². The summed E-state index contributed by atoms with van der Waals surface area (Å²) in [4.78, 5) is 264. The number of aromatic amines is 1. The summed E-state index contributed by atoms with van der Waals surface area (Å²) in [5, 5.41) is 83.3. The molecule has 0 bridgehead atoms. The maximum Gasteiger partial charge on any atom is 0.326 e. The SMILES string of the molecule is CC(C)C[C@H](NC(=O)[C@H](CCC(N)=O)NC(=O)[C@H](CC(N)=O)NC(=O)[C@H](CC(C)C)NC(=O)[C@@H](NC(=O)[C@@H](NC(=O)[C@H](CO)NC(=O)[C@H](CC(C)C)NC(=O)[C@H](Cc1ccc(O)cc1)NC(=O)[C@@H](N)CC(=O)O)C(C)C)C(C)C)C(=O)N[C@@H](CS)C(=O)N[C@H](C(=O)N[C@@H](CC(C)C)C(=O)N[C@@H](Cc1cnc[nH]1)C(=O)N[C@@H](CCC(=O)O)C(=O)O)C(C)C. The number of carbonyl (C=O) groups excluding carboxylic acids is 16. The second-order valence-corrected chi connectivity index (χ2v) is 32.9. The van der Waals surface area contributed by atoms with Crippen molar-refractivity contribution in [3.8, 4) is 5.75 Å². The molecule has 43 nitrogen and oxygen atoms in total. The van der Waals surface area contributed by atoms with Gasteiger partial charge in [0.25, 0.3) is 0 Å². The number of carboxylic acid groups (broad SMARTS) is 3. The standard InChI is InChI=1S/C78H125N19O24S/c1-35(2)23-48(88-70(112)52(27-42-15-17-44(99)18-16-42)86-64(106)45(79)29-60(104)105)68(110)93-55(32-98)73(115)95-63(41(13)14)77(119)97-62(40(11)12)76(118)92-51(26-38(7)8)67(109)90-54(30-58(81)101)72(114)84-46(19-21-57(80)100)65(107)87-49(24-36(3)4)69(111)94-56(33-122)74(116)96-61(39(9)10)75(117)91-50(25-37(5)6)66(108)89-53(28-43-31-82-34-83-43)71(113)85-47(78(120)121)20-22-59(102)103/h15-18,31,34-41,45-56,61-63,98-99,122H,19-30,32-33,79H2,1-14H3,(H2,80,100)(H2,81,101)(H,82,83)(H,84,114)(H,85,113)(H,86,106)(H,87,107)(H,88,112)(H,89,108)(H,90,109)(H,91,117)(H,92,118)(H,93,110)(H,94,111)(H,95,115)(H,96,116)(H,97,119)(H,102,103)(H,104,105)(H,120,121)/t45-,46-,47-,48-,49-,50-,51-,52-,53-,54-,55-,56-,61-,62-,63-/m0/s1. The highest BCUT2D eigenvalue weighted by molar-refractivity contribution is 7.80. The van der Waals surface area contributed by atoms with E-state index in [1.165, 1.54) is 64.5 Å². The number of aliphatic hydroxyl groups is 1. The molecular formula is C78H125N19O24S. The molecule has 0 aliphatic heterocycles. The van der Waals surface area contributed by atoms with Crippen LogP contribution in [0.25, 0.3) is 0 Å². The molecule has 0 aliphatic rings. The lowest BCUT2D eigenvalue weighted by Crippen LogP contribution is -2.62. The minimum absolute atomic E-state index is 0.0391. The number of imidazole rings is 1. The number of carboxylic acids is 3. The van der Waals surface area contributed by atoms with Gasteiger partial charge in [0.05, 0.1) is 31.8 Å². The molecule has 16 amide bonds. The van der Waals surface area contributed by atoms with Crippen molar-refractivity contribution < 1.29 is 117 Å². The molecule has 1 aromatic heterocycles. The number of phenolic OH excluding ortho intramolecular Hbond substituents is 1. The maximum atomic E-state index is 14.5. The smallest absolute Gasteiger partial charge is 0.326 e. The van der Waals surface area contributed by atoms with E-state index in [0.717, 1.165) is 0 Å². The predicted octanol–water partition coefficient (Wildman–Crippen LogP) is -4.35. The number of aromatic hydroxyl groups is 1. The number of nitrogens with one attached hydrogen (secondary N) is 15. The molecule has 1 heterocycles. The van der Waals surface area contributed by atoms with Crippen molar-refractivity contribution >= 4 is 125 Å². The van der Waals surface area contributed by atoms with Crippen LogP contribution in [-0.4, -0.2) is 251 Å². The van der Waals surface area contributed by atoms with Crippen molar-refractivity contribution in [2.75, 3.05) is 12.4 Å². The number of amides is 16. The van der Waals surface area contributed by atoms with Crippen molar-refractivity contribution in [1.82, 2.24) is 84.4 Å². The minimum atomic E-state index is -1.92. The molecule has 122 heavy (non-hydrogen) atoms. The number of carbonyl (C=O) groups is 19. The summed E-state index contributed by atoms with van der Waals surface area (Å²) in [5.41, 5.74) is 17.6. The third-order valence-corrected chi connectivity index (χ3v) is 19.1. The van der Waals surface area contributed by atoms with Gasteiger partial charge in [-0.25, -0.2) is 9.78 Å². The zero-order chi connectivity index (χ0) is 92.9. The molecule has 44 heteroatoms. The van der Waals surface area contributed by atoms with Gasteiger partial charge in [-0.3, -0.25) is 86.3 Å². The van der Waals surface area contributed by atoms with Gasteiger partial charge in [-0.05, 0) is 97.6 Å². The number of aliphatic hydroxyl groups excluding tert-OH is 1. The summed E-state index contributed by atoms with van der Waals surface area (Å²) in [6.07, 6.45) is -2.24. The number of nitrogens with two attached hydrogens (primary N) is 3. The van der Waals surface area contributed by atoms with Gasteiger partial charge in [0, 0.05) is 43.3 Å². The molecular weight excluding hydrogens is 1620 g/mol. The second kappa shape index (κ2) is 52.6. The van der Waals surface area contributed by atoms with E-state index >= 15 is 0 Å². The van der Waals surface area contributed by atoms with Crippen molar-refractivity contribution in [1.29, 1.82) is 0 Å². The molecule has 26 N–H and O–H groups in total. The molecule has 2 rings (SSSR count). The monoisotopic (exact) mass is 1740 g/mol. The average molecular weight is 1750 g/mol. The Morgan fingerprint density at radius 2 is 0.705 bits per heavy atom. The van der Waals surface area contributed by atoms with E-state index in [-0.39, 0.29) is 62.0 Å². The first kappa shape index (κ1) is 107. The molecule has 0 unspecified atom stereocenters. The number of rotatable bonds is 56. The molecule has 0 fully saturated rings. The fourth-order valence-electron chi connectivity index (χ4n) is 12.2. The van der Waals surface area contributed by atoms with E-state index in [4.69, 9.17) is 17.2 Å². The first-order valence-corrected chi connectivity index (χ1v) is 40.7. The van der Waals surface area contributed by atoms with E-state index in [9.17, 15) is 117 Å². The van der Waals surface area contributed by atoms with Crippen LogP contribution in [-0.2, 0) is 104 Å². The van der Waals surface area contributed by atoms with Crippen LogP contribution in [0.5, 0.6) is 5.75 Å². The molecule has 2 aromatic rings. The van der Waals surface area contributed by atoms with Gasteiger partial charge in [-0.2, -0.15) is 12.6 Å². The molecule has 682 valence electrons. The number of aliphatic carboxylic acids is 3. The van der Waals surface area contributed by atoms with Gasteiger partial charge in [0.15, 0.2) is 0 Å². The topological polar surface area (TPSA) is 701 Å². The Morgan fingerprint density at radius 1 is 0.377 bits per heavy atom. The van der Waals surface area contributed by atoms with Gasteiger partial charge in [0.1, 0.15) is 90.3 Å². The van der Waals surface area contributed by atoms with Crippen LogP contribution in [0.15, 0.2) is 36.8 Å².